The van der Waals surface area contributed by atoms with Gasteiger partial charge in [0, 0.05) is 30.2 Å². The van der Waals surface area contributed by atoms with Gasteiger partial charge in [0.1, 0.15) is 0 Å². The molecule has 4 rings (SSSR count). The molecule has 3 aliphatic carbocycles. The number of amides is 4. The van der Waals surface area contributed by atoms with Crippen molar-refractivity contribution >= 4 is 17.8 Å². The molecule has 7 nitrogen and oxygen atoms in total. The van der Waals surface area contributed by atoms with Crippen LogP contribution in [0.15, 0.2) is 24.3 Å². The third-order valence-electron chi connectivity index (χ3n) is 6.12. The van der Waals surface area contributed by atoms with Crippen LogP contribution in [0.4, 0.5) is 4.79 Å². The Hall–Kier alpha value is -2.41. The number of carbonyl (C=O) groups excluding carboxylic acids is 3. The molecule has 3 fully saturated rings. The molecule has 0 radical (unpaired) electrons. The van der Waals surface area contributed by atoms with Crippen LogP contribution < -0.4 is 16.0 Å². The summed E-state index contributed by atoms with van der Waals surface area (Å²) >= 11 is 0. The molecule has 3 saturated carbocycles. The van der Waals surface area contributed by atoms with E-state index in [-0.39, 0.29) is 30.4 Å². The molecule has 0 atom stereocenters. The third-order valence-corrected chi connectivity index (χ3v) is 6.12. The van der Waals surface area contributed by atoms with E-state index in [0.29, 0.717) is 24.2 Å². The van der Waals surface area contributed by atoms with Gasteiger partial charge in [-0.15, -0.1) is 0 Å². The van der Waals surface area contributed by atoms with Gasteiger partial charge in [-0.25, -0.2) is 4.79 Å². The van der Waals surface area contributed by atoms with Gasteiger partial charge >= 0.3 is 6.03 Å². The highest BCUT2D eigenvalue weighted by atomic mass is 16.2. The van der Waals surface area contributed by atoms with Crippen LogP contribution in [-0.4, -0.2) is 47.4 Å². The number of nitrogens with one attached hydrogen (secondary N) is 3. The molecule has 0 aliphatic heterocycles. The number of imide groups is 1. The summed E-state index contributed by atoms with van der Waals surface area (Å²) < 4.78 is 0. The summed E-state index contributed by atoms with van der Waals surface area (Å²) in [5.74, 6) is -0.290. The molecule has 0 spiro atoms. The Bertz CT molecular complexity index is 765. The summed E-state index contributed by atoms with van der Waals surface area (Å²) in [6.45, 7) is 0.833. The molecule has 30 heavy (non-hydrogen) atoms. The highest BCUT2D eigenvalue weighted by Gasteiger charge is 2.31. The Kier molecular flexibility index (Phi) is 6.67. The second-order valence-electron chi connectivity index (χ2n) is 8.94. The van der Waals surface area contributed by atoms with E-state index in [1.165, 1.54) is 6.42 Å². The first-order valence-electron chi connectivity index (χ1n) is 11.3. The smallest absolute Gasteiger partial charge is 0.321 e. The number of hydrogen-bond donors (Lipinski definition) is 3. The molecule has 0 saturated heterocycles. The fourth-order valence-electron chi connectivity index (χ4n) is 4.07. The minimum absolute atomic E-state index is 0.0218. The molecule has 3 N–H and O–H groups in total. The summed E-state index contributed by atoms with van der Waals surface area (Å²) in [4.78, 5) is 38.8. The van der Waals surface area contributed by atoms with Crippen LogP contribution in [0.3, 0.4) is 0 Å². The van der Waals surface area contributed by atoms with Crippen molar-refractivity contribution in [3.63, 3.8) is 0 Å². The van der Waals surface area contributed by atoms with Crippen molar-refractivity contribution in [2.24, 2.45) is 0 Å². The Labute approximate surface area is 178 Å². The van der Waals surface area contributed by atoms with E-state index in [2.05, 4.69) is 20.9 Å². The monoisotopic (exact) mass is 412 g/mol. The topological polar surface area (TPSA) is 90.5 Å². The van der Waals surface area contributed by atoms with Crippen LogP contribution in [0.1, 0.15) is 73.7 Å². The molecule has 4 amide bonds. The lowest BCUT2D eigenvalue weighted by Crippen LogP contribution is -2.48. The minimum Gasteiger partial charge on any atom is -0.349 e. The number of rotatable bonds is 8. The van der Waals surface area contributed by atoms with Gasteiger partial charge in [0.25, 0.3) is 5.91 Å². The summed E-state index contributed by atoms with van der Waals surface area (Å²) in [6.07, 6.45) is 9.76. The maximum absolute atomic E-state index is 12.4. The maximum Gasteiger partial charge on any atom is 0.321 e. The van der Waals surface area contributed by atoms with Gasteiger partial charge < -0.3 is 10.6 Å². The fraction of sp³-hybridized carbons (Fsp3) is 0.609. The molecular formula is C23H32N4O3. The van der Waals surface area contributed by atoms with Crippen LogP contribution in [0.25, 0.3) is 0 Å². The SMILES string of the molecule is O=C(CN(Cc1ccc(C(=O)NC2CC2)cc1)C1CC1)NC(=O)NC1CCCCC1. The fourth-order valence-corrected chi connectivity index (χ4v) is 4.07. The Morgan fingerprint density at radius 1 is 0.833 bits per heavy atom. The van der Waals surface area contributed by atoms with E-state index in [0.717, 1.165) is 56.9 Å². The van der Waals surface area contributed by atoms with E-state index >= 15 is 0 Å². The quantitative estimate of drug-likeness (QED) is 0.612. The first-order chi connectivity index (χ1) is 14.6. The van der Waals surface area contributed by atoms with Crippen molar-refractivity contribution in [1.29, 1.82) is 0 Å². The molecule has 162 valence electrons. The molecule has 0 bridgehead atoms. The van der Waals surface area contributed by atoms with E-state index in [1.54, 1.807) is 0 Å². The van der Waals surface area contributed by atoms with Crippen molar-refractivity contribution in [3.8, 4) is 0 Å². The highest BCUT2D eigenvalue weighted by molar-refractivity contribution is 5.95. The second kappa shape index (κ2) is 9.60. The van der Waals surface area contributed by atoms with Gasteiger partial charge in [0.2, 0.25) is 5.91 Å². The van der Waals surface area contributed by atoms with E-state index in [4.69, 9.17) is 0 Å². The third kappa shape index (κ3) is 6.29. The molecule has 0 aromatic heterocycles. The largest absolute Gasteiger partial charge is 0.349 e. The Morgan fingerprint density at radius 2 is 1.50 bits per heavy atom. The molecule has 3 aliphatic rings. The van der Waals surface area contributed by atoms with Crippen LogP contribution in [0, 0.1) is 0 Å². The zero-order valence-electron chi connectivity index (χ0n) is 17.5. The second-order valence-corrected chi connectivity index (χ2v) is 8.94. The van der Waals surface area contributed by atoms with E-state index < -0.39 is 0 Å². The van der Waals surface area contributed by atoms with Gasteiger partial charge in [-0.2, -0.15) is 0 Å². The number of benzene rings is 1. The molecule has 0 heterocycles. The van der Waals surface area contributed by atoms with Crippen molar-refractivity contribution in [2.45, 2.75) is 82.5 Å². The number of nitrogens with zero attached hydrogens (tertiary/aromatic N) is 1. The number of carbonyl (C=O) groups is 3. The van der Waals surface area contributed by atoms with Crippen molar-refractivity contribution in [3.05, 3.63) is 35.4 Å². The lowest BCUT2D eigenvalue weighted by atomic mass is 9.96. The zero-order chi connectivity index (χ0) is 20.9. The van der Waals surface area contributed by atoms with Crippen LogP contribution in [-0.2, 0) is 11.3 Å². The van der Waals surface area contributed by atoms with Crippen LogP contribution in [0.2, 0.25) is 0 Å². The van der Waals surface area contributed by atoms with Crippen molar-refractivity contribution in [2.75, 3.05) is 6.54 Å². The Morgan fingerprint density at radius 3 is 2.13 bits per heavy atom. The predicted octanol–water partition coefficient (Wildman–Crippen LogP) is 2.70. The first kappa shape index (κ1) is 20.8. The first-order valence-corrected chi connectivity index (χ1v) is 11.3. The summed E-state index contributed by atoms with van der Waals surface area (Å²) in [5, 5.41) is 8.41. The average Bonchev–Trinajstić information content (AvgIpc) is 3.63. The van der Waals surface area contributed by atoms with Crippen LogP contribution >= 0.6 is 0 Å². The zero-order valence-corrected chi connectivity index (χ0v) is 17.5. The average molecular weight is 413 g/mol. The van der Waals surface area contributed by atoms with Gasteiger partial charge in [0.05, 0.1) is 6.54 Å². The van der Waals surface area contributed by atoms with E-state index in [1.807, 2.05) is 24.3 Å². The van der Waals surface area contributed by atoms with Gasteiger partial charge in [0.15, 0.2) is 0 Å². The minimum atomic E-state index is -0.381. The lowest BCUT2D eigenvalue weighted by Gasteiger charge is -2.24. The van der Waals surface area contributed by atoms with Gasteiger partial charge in [-0.1, -0.05) is 31.4 Å². The summed E-state index contributed by atoms with van der Waals surface area (Å²) in [6, 6.07) is 8.11. The highest BCUT2D eigenvalue weighted by Crippen LogP contribution is 2.28. The van der Waals surface area contributed by atoms with Crippen molar-refractivity contribution in [1.82, 2.24) is 20.9 Å². The van der Waals surface area contributed by atoms with Gasteiger partial charge in [-0.3, -0.25) is 19.8 Å². The maximum atomic E-state index is 12.4. The molecular weight excluding hydrogens is 380 g/mol. The number of hydrogen-bond acceptors (Lipinski definition) is 4. The number of urea groups is 1. The van der Waals surface area contributed by atoms with Gasteiger partial charge in [-0.05, 0) is 56.2 Å². The summed E-state index contributed by atoms with van der Waals surface area (Å²) in [7, 11) is 0. The molecule has 1 aromatic carbocycles. The molecule has 0 unspecified atom stereocenters. The standard InChI is InChI=1S/C23H32N4O3/c28-21(26-23(30)25-18-4-2-1-3-5-18)15-27(20-12-13-20)14-16-6-8-17(9-7-16)22(29)24-19-10-11-19/h6-9,18-20H,1-5,10-15H2,(H,24,29)(H2,25,26,28,30). The normalized spacial score (nSPS) is 19.4. The van der Waals surface area contributed by atoms with E-state index in [9.17, 15) is 14.4 Å². The lowest BCUT2D eigenvalue weighted by molar-refractivity contribution is -0.121. The Balaban J connectivity index is 1.25. The summed E-state index contributed by atoms with van der Waals surface area (Å²) in [5.41, 5.74) is 1.73. The molecule has 7 heteroatoms. The predicted molar refractivity (Wildman–Crippen MR) is 114 cm³/mol. The van der Waals surface area contributed by atoms with Crippen molar-refractivity contribution < 1.29 is 14.4 Å². The van der Waals surface area contributed by atoms with Crippen LogP contribution in [0.5, 0.6) is 0 Å². The molecule has 1 aromatic rings.